The maximum absolute atomic E-state index is 12.9. The van der Waals surface area contributed by atoms with E-state index in [1.54, 1.807) is 43.4 Å². The summed E-state index contributed by atoms with van der Waals surface area (Å²) in [5.41, 5.74) is 2.55. The summed E-state index contributed by atoms with van der Waals surface area (Å²) in [6.45, 7) is 0. The number of aromatic nitrogens is 4. The number of hydrogen-bond acceptors (Lipinski definition) is 5. The first kappa shape index (κ1) is 21.9. The fourth-order valence-electron chi connectivity index (χ4n) is 3.46. The van der Waals surface area contributed by atoms with Gasteiger partial charge in [0.05, 0.1) is 26.1 Å². The lowest BCUT2D eigenvalue weighted by Gasteiger charge is -2.20. The van der Waals surface area contributed by atoms with Crippen molar-refractivity contribution in [1.82, 2.24) is 24.6 Å². The quantitative estimate of drug-likeness (QED) is 0.421. The number of rotatable bonds is 8. The SMILES string of the molecule is COc1cc(OC)cc(C(NC(=O)/C=C/c2cnn(-c3ccccc3)c2)c2nccn2C)c1. The van der Waals surface area contributed by atoms with Crippen molar-refractivity contribution in [2.24, 2.45) is 7.05 Å². The van der Waals surface area contributed by atoms with E-state index in [9.17, 15) is 4.79 Å². The van der Waals surface area contributed by atoms with Gasteiger partial charge >= 0.3 is 0 Å². The summed E-state index contributed by atoms with van der Waals surface area (Å²) in [5.74, 6) is 1.67. The van der Waals surface area contributed by atoms with Crippen molar-refractivity contribution in [2.75, 3.05) is 14.2 Å². The van der Waals surface area contributed by atoms with Crippen molar-refractivity contribution in [3.63, 3.8) is 0 Å². The lowest BCUT2D eigenvalue weighted by atomic mass is 10.0. The molecule has 1 amide bonds. The Morgan fingerprint density at radius 2 is 1.82 bits per heavy atom. The van der Waals surface area contributed by atoms with Crippen LogP contribution in [0.4, 0.5) is 0 Å². The van der Waals surface area contributed by atoms with Crippen molar-refractivity contribution in [1.29, 1.82) is 0 Å². The molecule has 0 bridgehead atoms. The predicted molar refractivity (Wildman–Crippen MR) is 125 cm³/mol. The van der Waals surface area contributed by atoms with Gasteiger partial charge in [-0.1, -0.05) is 18.2 Å². The van der Waals surface area contributed by atoms with E-state index < -0.39 is 6.04 Å². The van der Waals surface area contributed by atoms with Crippen LogP contribution in [0, 0.1) is 0 Å². The summed E-state index contributed by atoms with van der Waals surface area (Å²) in [6, 6.07) is 14.8. The van der Waals surface area contributed by atoms with Crippen molar-refractivity contribution in [3.8, 4) is 17.2 Å². The molecule has 2 aromatic carbocycles. The molecule has 2 aromatic heterocycles. The van der Waals surface area contributed by atoms with E-state index in [0.717, 1.165) is 16.8 Å². The van der Waals surface area contributed by atoms with Gasteiger partial charge in [-0.15, -0.1) is 0 Å². The van der Waals surface area contributed by atoms with Crippen LogP contribution in [-0.2, 0) is 11.8 Å². The van der Waals surface area contributed by atoms with E-state index in [0.29, 0.717) is 17.3 Å². The number of methoxy groups -OCH3 is 2. The Hall–Kier alpha value is -4.33. The number of carbonyl (C=O) groups excluding carboxylic acids is 1. The highest BCUT2D eigenvalue weighted by atomic mass is 16.5. The molecular weight excluding hydrogens is 418 g/mol. The number of aryl methyl sites for hydroxylation is 1. The minimum atomic E-state index is -0.502. The average Bonchev–Trinajstić information content (AvgIpc) is 3.50. The Morgan fingerprint density at radius 3 is 2.45 bits per heavy atom. The van der Waals surface area contributed by atoms with E-state index in [4.69, 9.17) is 9.47 Å². The van der Waals surface area contributed by atoms with Gasteiger partial charge in [0.1, 0.15) is 23.4 Å². The van der Waals surface area contributed by atoms with Gasteiger partial charge < -0.3 is 19.4 Å². The standard InChI is InChI=1S/C25H25N5O3/c1-29-12-11-26-25(29)24(19-13-21(32-2)15-22(14-19)33-3)28-23(31)10-9-18-16-27-30(17-18)20-7-5-4-6-8-20/h4-17,24H,1-3H3,(H,28,31)/b10-9+. The van der Waals surface area contributed by atoms with Crippen molar-refractivity contribution >= 4 is 12.0 Å². The maximum Gasteiger partial charge on any atom is 0.244 e. The van der Waals surface area contributed by atoms with Gasteiger partial charge in [-0.2, -0.15) is 5.10 Å². The van der Waals surface area contributed by atoms with E-state index in [-0.39, 0.29) is 5.91 Å². The van der Waals surface area contributed by atoms with Crippen LogP contribution in [0.2, 0.25) is 0 Å². The summed E-state index contributed by atoms with van der Waals surface area (Å²) in [4.78, 5) is 17.3. The van der Waals surface area contributed by atoms with Gasteiger partial charge in [-0.05, 0) is 35.9 Å². The molecule has 0 aliphatic carbocycles. The lowest BCUT2D eigenvalue weighted by molar-refractivity contribution is -0.117. The molecule has 2 heterocycles. The first-order valence-electron chi connectivity index (χ1n) is 10.4. The van der Waals surface area contributed by atoms with Gasteiger partial charge in [0, 0.05) is 43.3 Å². The monoisotopic (exact) mass is 443 g/mol. The van der Waals surface area contributed by atoms with Crippen molar-refractivity contribution in [2.45, 2.75) is 6.04 Å². The third-order valence-electron chi connectivity index (χ3n) is 5.16. The number of hydrogen-bond donors (Lipinski definition) is 1. The molecule has 4 rings (SSSR count). The minimum absolute atomic E-state index is 0.266. The van der Waals surface area contributed by atoms with E-state index in [2.05, 4.69) is 15.4 Å². The first-order chi connectivity index (χ1) is 16.1. The van der Waals surface area contributed by atoms with E-state index >= 15 is 0 Å². The number of imidazole rings is 1. The molecule has 8 nitrogen and oxygen atoms in total. The van der Waals surface area contributed by atoms with Crippen LogP contribution >= 0.6 is 0 Å². The van der Waals surface area contributed by atoms with Gasteiger partial charge in [0.2, 0.25) is 5.91 Å². The average molecular weight is 444 g/mol. The molecular formula is C25H25N5O3. The largest absolute Gasteiger partial charge is 0.497 e. The van der Waals surface area contributed by atoms with Crippen LogP contribution in [0.25, 0.3) is 11.8 Å². The van der Waals surface area contributed by atoms with E-state index in [1.165, 1.54) is 6.08 Å². The summed E-state index contributed by atoms with van der Waals surface area (Å²) >= 11 is 0. The molecule has 4 aromatic rings. The Kier molecular flexibility index (Phi) is 6.54. The smallest absolute Gasteiger partial charge is 0.244 e. The molecule has 0 spiro atoms. The molecule has 33 heavy (non-hydrogen) atoms. The second-order valence-electron chi connectivity index (χ2n) is 7.37. The molecule has 8 heteroatoms. The normalized spacial score (nSPS) is 12.0. The molecule has 0 aliphatic heterocycles. The third kappa shape index (κ3) is 5.12. The van der Waals surface area contributed by atoms with Gasteiger partial charge in [0.15, 0.2) is 0 Å². The fraction of sp³-hybridized carbons (Fsp3) is 0.160. The zero-order valence-electron chi connectivity index (χ0n) is 18.7. The summed E-state index contributed by atoms with van der Waals surface area (Å²) in [6.07, 6.45) is 10.3. The summed E-state index contributed by atoms with van der Waals surface area (Å²) in [5, 5.41) is 7.40. The highest BCUT2D eigenvalue weighted by Crippen LogP contribution is 2.29. The second-order valence-corrected chi connectivity index (χ2v) is 7.37. The Morgan fingerprint density at radius 1 is 1.09 bits per heavy atom. The van der Waals surface area contributed by atoms with Crippen LogP contribution in [0.1, 0.15) is 23.0 Å². The highest BCUT2D eigenvalue weighted by Gasteiger charge is 2.21. The van der Waals surface area contributed by atoms with Crippen molar-refractivity contribution < 1.29 is 14.3 Å². The predicted octanol–water partition coefficient (Wildman–Crippen LogP) is 3.54. The number of carbonyl (C=O) groups is 1. The molecule has 1 atom stereocenters. The Balaban J connectivity index is 1.57. The Bertz CT molecular complexity index is 1240. The molecule has 1 unspecified atom stereocenters. The molecule has 168 valence electrons. The second kappa shape index (κ2) is 9.86. The lowest BCUT2D eigenvalue weighted by Crippen LogP contribution is -2.29. The fourth-order valence-corrected chi connectivity index (χ4v) is 3.46. The number of amides is 1. The topological polar surface area (TPSA) is 83.2 Å². The van der Waals surface area contributed by atoms with Crippen LogP contribution in [0.3, 0.4) is 0 Å². The number of benzene rings is 2. The molecule has 0 fully saturated rings. The van der Waals surface area contributed by atoms with Crippen molar-refractivity contribution in [3.05, 3.63) is 96.3 Å². The molecule has 0 saturated heterocycles. The maximum atomic E-state index is 12.9. The zero-order valence-corrected chi connectivity index (χ0v) is 18.7. The molecule has 1 N–H and O–H groups in total. The number of nitrogens with one attached hydrogen (secondary N) is 1. The molecule has 0 aliphatic rings. The number of ether oxygens (including phenoxy) is 2. The molecule has 0 radical (unpaired) electrons. The van der Waals surface area contributed by atoms with Crippen LogP contribution in [0.15, 0.2) is 79.4 Å². The van der Waals surface area contributed by atoms with Crippen LogP contribution < -0.4 is 14.8 Å². The third-order valence-corrected chi connectivity index (χ3v) is 5.16. The summed E-state index contributed by atoms with van der Waals surface area (Å²) < 4.78 is 14.4. The van der Waals surface area contributed by atoms with Gasteiger partial charge in [0.25, 0.3) is 0 Å². The van der Waals surface area contributed by atoms with E-state index in [1.807, 2.05) is 66.5 Å². The summed E-state index contributed by atoms with van der Waals surface area (Å²) in [7, 11) is 5.06. The van der Waals surface area contributed by atoms with Gasteiger partial charge in [-0.3, -0.25) is 4.79 Å². The van der Waals surface area contributed by atoms with Crippen LogP contribution in [-0.4, -0.2) is 39.5 Å². The number of nitrogens with zero attached hydrogens (tertiary/aromatic N) is 4. The molecule has 0 saturated carbocycles. The zero-order chi connectivity index (χ0) is 23.2. The number of para-hydroxylation sites is 1. The first-order valence-corrected chi connectivity index (χ1v) is 10.4. The highest BCUT2D eigenvalue weighted by molar-refractivity contribution is 5.92. The van der Waals surface area contributed by atoms with Gasteiger partial charge in [-0.25, -0.2) is 9.67 Å². The Labute approximate surface area is 192 Å². The minimum Gasteiger partial charge on any atom is -0.497 e. The van der Waals surface area contributed by atoms with Crippen LogP contribution in [0.5, 0.6) is 11.5 Å².